The van der Waals surface area contributed by atoms with Crippen molar-refractivity contribution >= 4 is 23.2 Å². The van der Waals surface area contributed by atoms with Gasteiger partial charge in [-0.05, 0) is 34.7 Å². The Morgan fingerprint density at radius 1 is 0.875 bits per heavy atom. The van der Waals surface area contributed by atoms with Gasteiger partial charge in [-0.2, -0.15) is 0 Å². The molecule has 0 spiro atoms. The Morgan fingerprint density at radius 3 is 2.03 bits per heavy atom. The van der Waals surface area contributed by atoms with E-state index in [0.29, 0.717) is 19.5 Å². The molecule has 0 aliphatic rings. The number of carbonyl (C=O) groups excluding carboxylic acids is 2. The molecule has 0 aliphatic heterocycles. The highest BCUT2D eigenvalue weighted by atomic mass is 16.2. The molecule has 0 fully saturated rings. The molecule has 5 heteroatoms. The SMILES string of the molecule is CN(C)c1ccc(NC(=O)CC(C)(C)C)cc1CN(Cc1ccccc1)C(=O)C(C)(C)C. The van der Waals surface area contributed by atoms with Gasteiger partial charge in [-0.3, -0.25) is 9.59 Å². The highest BCUT2D eigenvalue weighted by Gasteiger charge is 2.28. The highest BCUT2D eigenvalue weighted by Crippen LogP contribution is 2.28. The lowest BCUT2D eigenvalue weighted by Gasteiger charge is -2.31. The van der Waals surface area contributed by atoms with E-state index in [-0.39, 0.29) is 17.2 Å². The van der Waals surface area contributed by atoms with Gasteiger partial charge in [0.05, 0.1) is 0 Å². The van der Waals surface area contributed by atoms with Crippen molar-refractivity contribution in [2.45, 2.75) is 61.1 Å². The Labute approximate surface area is 193 Å². The maximum atomic E-state index is 13.3. The van der Waals surface area contributed by atoms with E-state index in [9.17, 15) is 9.59 Å². The van der Waals surface area contributed by atoms with E-state index in [0.717, 1.165) is 22.5 Å². The van der Waals surface area contributed by atoms with Gasteiger partial charge < -0.3 is 15.1 Å². The number of hydrogen-bond acceptors (Lipinski definition) is 3. The third-order valence-corrected chi connectivity index (χ3v) is 5.04. The number of benzene rings is 2. The summed E-state index contributed by atoms with van der Waals surface area (Å²) in [5.41, 5.74) is 3.29. The van der Waals surface area contributed by atoms with Crippen LogP contribution in [0.15, 0.2) is 48.5 Å². The van der Waals surface area contributed by atoms with Gasteiger partial charge in [-0.25, -0.2) is 0 Å². The zero-order valence-electron chi connectivity index (χ0n) is 21.0. The van der Waals surface area contributed by atoms with E-state index in [1.165, 1.54) is 0 Å². The monoisotopic (exact) mass is 437 g/mol. The van der Waals surface area contributed by atoms with Crippen LogP contribution < -0.4 is 10.2 Å². The molecule has 2 amide bonds. The van der Waals surface area contributed by atoms with Gasteiger partial charge in [-0.15, -0.1) is 0 Å². The topological polar surface area (TPSA) is 52.7 Å². The van der Waals surface area contributed by atoms with Crippen LogP contribution in [0.1, 0.15) is 59.1 Å². The van der Waals surface area contributed by atoms with Crippen LogP contribution in [0.2, 0.25) is 0 Å². The van der Waals surface area contributed by atoms with E-state index in [1.807, 2.05) is 114 Å². The van der Waals surface area contributed by atoms with Crippen LogP contribution in [-0.4, -0.2) is 30.8 Å². The maximum absolute atomic E-state index is 13.3. The second-order valence-corrected chi connectivity index (χ2v) is 10.9. The molecule has 0 aromatic heterocycles. The summed E-state index contributed by atoms with van der Waals surface area (Å²) in [5, 5.41) is 3.03. The van der Waals surface area contributed by atoms with Gasteiger partial charge in [0.1, 0.15) is 0 Å². The third-order valence-electron chi connectivity index (χ3n) is 5.04. The van der Waals surface area contributed by atoms with Crippen LogP contribution in [0, 0.1) is 10.8 Å². The first kappa shape index (κ1) is 25.4. The standard InChI is InChI=1S/C27H39N3O2/c1-26(2,3)17-24(31)28-22-14-15-23(29(7)8)21(16-22)19-30(25(32)27(4,5)6)18-20-12-10-9-11-13-20/h9-16H,17-19H2,1-8H3,(H,28,31). The lowest BCUT2D eigenvalue weighted by atomic mass is 9.92. The predicted octanol–water partition coefficient (Wildman–Crippen LogP) is 5.70. The summed E-state index contributed by atoms with van der Waals surface area (Å²) in [6, 6.07) is 16.0. The lowest BCUT2D eigenvalue weighted by molar-refractivity contribution is -0.140. The summed E-state index contributed by atoms with van der Waals surface area (Å²) in [6.07, 6.45) is 0.445. The normalized spacial score (nSPS) is 11.8. The molecule has 2 aromatic rings. The van der Waals surface area contributed by atoms with Gasteiger partial charge >= 0.3 is 0 Å². The van der Waals surface area contributed by atoms with Crippen LogP contribution in [0.5, 0.6) is 0 Å². The first-order valence-electron chi connectivity index (χ1n) is 11.2. The molecular formula is C27H39N3O2. The Bertz CT molecular complexity index is 922. The first-order chi connectivity index (χ1) is 14.8. The average Bonchev–Trinajstić information content (AvgIpc) is 2.65. The van der Waals surface area contributed by atoms with E-state index in [1.54, 1.807) is 0 Å². The molecule has 32 heavy (non-hydrogen) atoms. The Hall–Kier alpha value is -2.82. The molecule has 5 nitrogen and oxygen atoms in total. The first-order valence-corrected chi connectivity index (χ1v) is 11.2. The summed E-state index contributed by atoms with van der Waals surface area (Å²) >= 11 is 0. The quantitative estimate of drug-likeness (QED) is 0.604. The molecule has 0 bridgehead atoms. The Kier molecular flexibility index (Phi) is 8.11. The molecule has 0 saturated carbocycles. The van der Waals surface area contributed by atoms with Crippen LogP contribution in [-0.2, 0) is 22.7 Å². The maximum Gasteiger partial charge on any atom is 0.228 e. The molecule has 2 rings (SSSR count). The molecule has 0 saturated heterocycles. The fourth-order valence-corrected chi connectivity index (χ4v) is 3.60. The van der Waals surface area contributed by atoms with E-state index < -0.39 is 5.41 Å². The van der Waals surface area contributed by atoms with Crippen molar-refractivity contribution in [3.63, 3.8) is 0 Å². The molecule has 2 aromatic carbocycles. The molecule has 0 heterocycles. The molecule has 174 valence electrons. The van der Waals surface area contributed by atoms with Gasteiger partial charge in [0.25, 0.3) is 0 Å². The average molecular weight is 438 g/mol. The fourth-order valence-electron chi connectivity index (χ4n) is 3.60. The van der Waals surface area contributed by atoms with Gasteiger partial charge in [-0.1, -0.05) is 71.9 Å². The minimum atomic E-state index is -0.494. The number of anilines is 2. The molecule has 0 radical (unpaired) electrons. The number of carbonyl (C=O) groups is 2. The smallest absolute Gasteiger partial charge is 0.228 e. The molecule has 0 unspecified atom stereocenters. The Morgan fingerprint density at radius 2 is 1.50 bits per heavy atom. The van der Waals surface area contributed by atoms with Crippen LogP contribution >= 0.6 is 0 Å². The summed E-state index contributed by atoms with van der Waals surface area (Å²) < 4.78 is 0. The largest absolute Gasteiger partial charge is 0.377 e. The molecule has 1 N–H and O–H groups in total. The number of rotatable bonds is 7. The summed E-state index contributed by atoms with van der Waals surface area (Å²) in [7, 11) is 3.98. The van der Waals surface area contributed by atoms with Crippen molar-refractivity contribution < 1.29 is 9.59 Å². The summed E-state index contributed by atoms with van der Waals surface area (Å²) in [5.74, 6) is 0.0844. The van der Waals surface area contributed by atoms with Gasteiger partial charge in [0, 0.05) is 50.4 Å². The van der Waals surface area contributed by atoms with Crippen LogP contribution in [0.4, 0.5) is 11.4 Å². The Balaban J connectivity index is 2.37. The van der Waals surface area contributed by atoms with E-state index in [2.05, 4.69) is 5.32 Å². The van der Waals surface area contributed by atoms with Crippen molar-refractivity contribution in [3.8, 4) is 0 Å². The minimum Gasteiger partial charge on any atom is -0.377 e. The molecule has 0 aliphatic carbocycles. The van der Waals surface area contributed by atoms with Crippen molar-refractivity contribution in [2.75, 3.05) is 24.3 Å². The fraction of sp³-hybridized carbons (Fsp3) is 0.481. The van der Waals surface area contributed by atoms with E-state index in [4.69, 9.17) is 0 Å². The predicted molar refractivity (Wildman–Crippen MR) is 134 cm³/mol. The lowest BCUT2D eigenvalue weighted by Crippen LogP contribution is -2.38. The number of amides is 2. The molecular weight excluding hydrogens is 398 g/mol. The number of nitrogens with zero attached hydrogens (tertiary/aromatic N) is 2. The van der Waals surface area contributed by atoms with Crippen LogP contribution in [0.25, 0.3) is 0 Å². The van der Waals surface area contributed by atoms with Gasteiger partial charge in [0.15, 0.2) is 0 Å². The highest BCUT2D eigenvalue weighted by molar-refractivity contribution is 5.91. The number of hydrogen-bond donors (Lipinski definition) is 1. The zero-order valence-corrected chi connectivity index (χ0v) is 21.0. The van der Waals surface area contributed by atoms with Crippen molar-refractivity contribution in [1.29, 1.82) is 0 Å². The second-order valence-electron chi connectivity index (χ2n) is 10.9. The molecule has 0 atom stereocenters. The second kappa shape index (κ2) is 10.2. The zero-order chi connectivity index (χ0) is 24.1. The summed E-state index contributed by atoms with van der Waals surface area (Å²) in [4.78, 5) is 29.7. The third kappa shape index (κ3) is 7.70. The van der Waals surface area contributed by atoms with Crippen molar-refractivity contribution in [2.24, 2.45) is 10.8 Å². The summed E-state index contributed by atoms with van der Waals surface area (Å²) in [6.45, 7) is 13.0. The number of nitrogens with one attached hydrogen (secondary N) is 1. The van der Waals surface area contributed by atoms with Gasteiger partial charge in [0.2, 0.25) is 11.8 Å². The minimum absolute atomic E-state index is 0.00652. The van der Waals surface area contributed by atoms with E-state index >= 15 is 0 Å². The van der Waals surface area contributed by atoms with Crippen molar-refractivity contribution in [3.05, 3.63) is 59.7 Å². The van der Waals surface area contributed by atoms with Crippen LogP contribution in [0.3, 0.4) is 0 Å². The van der Waals surface area contributed by atoms with Crippen molar-refractivity contribution in [1.82, 2.24) is 4.90 Å².